The van der Waals surface area contributed by atoms with E-state index in [1.165, 1.54) is 44.9 Å². The van der Waals surface area contributed by atoms with Gasteiger partial charge in [-0.1, -0.05) is 39.2 Å². The third-order valence-electron chi connectivity index (χ3n) is 3.33. The van der Waals surface area contributed by atoms with E-state index in [1.54, 1.807) is 0 Å². The zero-order valence-electron chi connectivity index (χ0n) is 9.31. The summed E-state index contributed by atoms with van der Waals surface area (Å²) >= 11 is 0. The Kier molecular flexibility index (Phi) is 4.02. The Labute approximate surface area is 83.4 Å². The van der Waals surface area contributed by atoms with Gasteiger partial charge in [-0.25, -0.2) is 0 Å². The molecule has 0 N–H and O–H groups in total. The Hall–Kier alpha value is -0.260. The molecule has 1 fully saturated rings. The van der Waals surface area contributed by atoms with Gasteiger partial charge in [-0.15, -0.1) is 6.58 Å². The fourth-order valence-corrected chi connectivity index (χ4v) is 2.65. The summed E-state index contributed by atoms with van der Waals surface area (Å²) in [6.45, 7) is 8.62. The van der Waals surface area contributed by atoms with E-state index in [9.17, 15) is 0 Å². The molecular weight excluding hydrogens is 156 g/mol. The smallest absolute Gasteiger partial charge is 0.0352 e. The van der Waals surface area contributed by atoms with Crippen LogP contribution in [0.1, 0.15) is 58.8 Å². The molecule has 0 aromatic carbocycles. The molecule has 1 aliphatic carbocycles. The number of hydrogen-bond donors (Lipinski definition) is 0. The van der Waals surface area contributed by atoms with Crippen LogP contribution in [0.25, 0.3) is 0 Å². The van der Waals surface area contributed by atoms with Gasteiger partial charge in [-0.2, -0.15) is 0 Å². The number of allylic oxidation sites excluding steroid dienone is 1. The van der Waals surface area contributed by atoms with Crippen LogP contribution in [0.3, 0.4) is 0 Å². The standard InChI is InChI=1S/C13H24/c1-4-5-6-8-12-9-7-10-13(2,3)11-12/h4,12H,1,5-11H2,2-3H3. The molecule has 0 saturated heterocycles. The van der Waals surface area contributed by atoms with Gasteiger partial charge in [0.1, 0.15) is 0 Å². The van der Waals surface area contributed by atoms with E-state index in [0.29, 0.717) is 5.41 Å². The summed E-state index contributed by atoms with van der Waals surface area (Å²) in [7, 11) is 0. The normalized spacial score (nSPS) is 27.1. The minimum absolute atomic E-state index is 0.622. The molecule has 0 aliphatic heterocycles. The predicted molar refractivity (Wildman–Crippen MR) is 59.8 cm³/mol. The Morgan fingerprint density at radius 3 is 2.85 bits per heavy atom. The van der Waals surface area contributed by atoms with Gasteiger partial charge in [0.15, 0.2) is 0 Å². The minimum atomic E-state index is 0.622. The predicted octanol–water partition coefficient (Wildman–Crippen LogP) is 4.56. The van der Waals surface area contributed by atoms with Crippen molar-refractivity contribution in [2.75, 3.05) is 0 Å². The molecule has 0 bridgehead atoms. The lowest BCUT2D eigenvalue weighted by Crippen LogP contribution is -2.22. The molecule has 1 saturated carbocycles. The van der Waals surface area contributed by atoms with Crippen molar-refractivity contribution in [3.63, 3.8) is 0 Å². The molecule has 1 rings (SSSR count). The van der Waals surface area contributed by atoms with Gasteiger partial charge in [0.05, 0.1) is 0 Å². The highest BCUT2D eigenvalue weighted by molar-refractivity contribution is 4.79. The van der Waals surface area contributed by atoms with Crippen LogP contribution < -0.4 is 0 Å². The summed E-state index contributed by atoms with van der Waals surface area (Å²) < 4.78 is 0. The van der Waals surface area contributed by atoms with E-state index >= 15 is 0 Å². The maximum Gasteiger partial charge on any atom is -0.0352 e. The highest BCUT2D eigenvalue weighted by atomic mass is 14.3. The van der Waals surface area contributed by atoms with Crippen LogP contribution in [0.15, 0.2) is 12.7 Å². The third-order valence-corrected chi connectivity index (χ3v) is 3.33. The minimum Gasteiger partial charge on any atom is -0.103 e. The first-order valence-corrected chi connectivity index (χ1v) is 5.75. The molecule has 76 valence electrons. The van der Waals surface area contributed by atoms with Crippen molar-refractivity contribution in [2.24, 2.45) is 11.3 Å². The van der Waals surface area contributed by atoms with Gasteiger partial charge in [0.2, 0.25) is 0 Å². The van der Waals surface area contributed by atoms with Crippen molar-refractivity contribution < 1.29 is 0 Å². The second-order valence-electron chi connectivity index (χ2n) is 5.35. The molecule has 13 heavy (non-hydrogen) atoms. The molecule has 0 spiro atoms. The van der Waals surface area contributed by atoms with Gasteiger partial charge in [-0.3, -0.25) is 0 Å². The lowest BCUT2D eigenvalue weighted by molar-refractivity contribution is 0.172. The highest BCUT2D eigenvalue weighted by Crippen LogP contribution is 2.40. The van der Waals surface area contributed by atoms with Crippen molar-refractivity contribution in [3.05, 3.63) is 12.7 Å². The quantitative estimate of drug-likeness (QED) is 0.439. The second-order valence-corrected chi connectivity index (χ2v) is 5.35. The first-order valence-electron chi connectivity index (χ1n) is 5.75. The monoisotopic (exact) mass is 180 g/mol. The van der Waals surface area contributed by atoms with Crippen LogP contribution in [0.5, 0.6) is 0 Å². The van der Waals surface area contributed by atoms with E-state index < -0.39 is 0 Å². The molecule has 0 aromatic heterocycles. The van der Waals surface area contributed by atoms with Gasteiger partial charge in [-0.05, 0) is 37.0 Å². The summed E-state index contributed by atoms with van der Waals surface area (Å²) in [5, 5.41) is 0. The van der Waals surface area contributed by atoms with Crippen molar-refractivity contribution in [1.82, 2.24) is 0 Å². The second kappa shape index (κ2) is 4.83. The molecule has 1 aliphatic rings. The van der Waals surface area contributed by atoms with Gasteiger partial charge in [0, 0.05) is 0 Å². The Morgan fingerprint density at radius 2 is 2.23 bits per heavy atom. The average Bonchev–Trinajstić information content (AvgIpc) is 2.03. The molecule has 1 atom stereocenters. The summed E-state index contributed by atoms with van der Waals surface area (Å²) in [4.78, 5) is 0. The van der Waals surface area contributed by atoms with Crippen molar-refractivity contribution in [3.8, 4) is 0 Å². The van der Waals surface area contributed by atoms with Crippen molar-refractivity contribution in [1.29, 1.82) is 0 Å². The summed E-state index contributed by atoms with van der Waals surface area (Å²) in [6.07, 6.45) is 11.8. The molecule has 0 amide bonds. The fourth-order valence-electron chi connectivity index (χ4n) is 2.65. The maximum absolute atomic E-state index is 3.77. The zero-order chi connectivity index (χ0) is 9.73. The van der Waals surface area contributed by atoms with E-state index in [-0.39, 0.29) is 0 Å². The highest BCUT2D eigenvalue weighted by Gasteiger charge is 2.27. The lowest BCUT2D eigenvalue weighted by atomic mass is 9.71. The van der Waals surface area contributed by atoms with E-state index in [0.717, 1.165) is 5.92 Å². The van der Waals surface area contributed by atoms with E-state index in [1.807, 2.05) is 6.08 Å². The lowest BCUT2D eigenvalue weighted by Gasteiger charge is -2.35. The molecule has 0 heteroatoms. The van der Waals surface area contributed by atoms with Gasteiger partial charge >= 0.3 is 0 Å². The maximum atomic E-state index is 3.77. The van der Waals surface area contributed by atoms with Crippen LogP contribution in [0, 0.1) is 11.3 Å². The van der Waals surface area contributed by atoms with Gasteiger partial charge in [0.25, 0.3) is 0 Å². The fraction of sp³-hybridized carbons (Fsp3) is 0.846. The van der Waals surface area contributed by atoms with Crippen LogP contribution in [-0.2, 0) is 0 Å². The average molecular weight is 180 g/mol. The molecule has 0 nitrogen and oxygen atoms in total. The summed E-state index contributed by atoms with van der Waals surface area (Å²) in [6, 6.07) is 0. The topological polar surface area (TPSA) is 0 Å². The van der Waals surface area contributed by atoms with Crippen molar-refractivity contribution >= 4 is 0 Å². The van der Waals surface area contributed by atoms with Crippen LogP contribution in [-0.4, -0.2) is 0 Å². The molecule has 0 aromatic rings. The molecular formula is C13H24. The third kappa shape index (κ3) is 3.97. The van der Waals surface area contributed by atoms with Gasteiger partial charge < -0.3 is 0 Å². The SMILES string of the molecule is C=CCCCC1CCCC(C)(C)C1. The summed E-state index contributed by atoms with van der Waals surface area (Å²) in [5.74, 6) is 1.00. The number of unbranched alkanes of at least 4 members (excludes halogenated alkanes) is 1. The Bertz CT molecular complexity index is 155. The van der Waals surface area contributed by atoms with Crippen LogP contribution in [0.4, 0.5) is 0 Å². The van der Waals surface area contributed by atoms with Crippen molar-refractivity contribution in [2.45, 2.75) is 58.8 Å². The zero-order valence-corrected chi connectivity index (χ0v) is 9.31. The number of hydrogen-bond acceptors (Lipinski definition) is 0. The summed E-state index contributed by atoms with van der Waals surface area (Å²) in [5.41, 5.74) is 0.622. The molecule has 0 heterocycles. The first-order chi connectivity index (χ1) is 6.14. The largest absolute Gasteiger partial charge is 0.103 e. The molecule has 1 unspecified atom stereocenters. The molecule has 0 radical (unpaired) electrons. The van der Waals surface area contributed by atoms with E-state index in [2.05, 4.69) is 20.4 Å². The van der Waals surface area contributed by atoms with Crippen LogP contribution >= 0.6 is 0 Å². The Morgan fingerprint density at radius 1 is 1.46 bits per heavy atom. The Balaban J connectivity index is 2.22. The number of rotatable bonds is 4. The van der Waals surface area contributed by atoms with Crippen LogP contribution in [0.2, 0.25) is 0 Å². The first kappa shape index (κ1) is 10.8. The van der Waals surface area contributed by atoms with E-state index in [4.69, 9.17) is 0 Å².